The lowest BCUT2D eigenvalue weighted by molar-refractivity contribution is 0.159. The number of hydrogen-bond donors (Lipinski definition) is 2. The van der Waals surface area contributed by atoms with Gasteiger partial charge in [0.05, 0.1) is 14.2 Å². The lowest BCUT2D eigenvalue weighted by Gasteiger charge is -2.18. The van der Waals surface area contributed by atoms with Crippen LogP contribution in [0.3, 0.4) is 0 Å². The van der Waals surface area contributed by atoms with Crippen molar-refractivity contribution in [3.8, 4) is 11.5 Å². The molecule has 0 amide bonds. The number of ether oxygens (including phenoxy) is 2. The maximum Gasteiger partial charge on any atom is 0.166 e. The second-order valence-corrected chi connectivity index (χ2v) is 3.44. The number of rotatable bonds is 4. The summed E-state index contributed by atoms with van der Waals surface area (Å²) in [6, 6.07) is 0. The Morgan fingerprint density at radius 3 is 2.12 bits per heavy atom. The normalized spacial score (nSPS) is 10.4. The molecule has 0 aliphatic carbocycles. The second kappa shape index (κ2) is 5.14. The maximum absolute atomic E-state index is 13.8. The van der Waals surface area contributed by atoms with Crippen molar-refractivity contribution in [2.24, 2.45) is 0 Å². The fourth-order valence-electron chi connectivity index (χ4n) is 1.74. The van der Waals surface area contributed by atoms with Crippen LogP contribution in [0.1, 0.15) is 16.7 Å². The molecule has 0 fully saturated rings. The highest BCUT2D eigenvalue weighted by Crippen LogP contribution is 2.38. The Bertz CT molecular complexity index is 394. The molecule has 1 rings (SSSR count). The summed E-state index contributed by atoms with van der Waals surface area (Å²) in [5.41, 5.74) is 3.38. The molecule has 0 saturated carbocycles. The zero-order valence-electron chi connectivity index (χ0n) is 9.85. The molecule has 4 nitrogen and oxygen atoms in total. The molecule has 0 atom stereocenters. The predicted octanol–water partition coefficient (Wildman–Crippen LogP) is 1.94. The lowest BCUT2D eigenvalue weighted by Crippen LogP contribution is -2.12. The van der Waals surface area contributed by atoms with Crippen LogP contribution in [0.2, 0.25) is 0 Å². The van der Waals surface area contributed by atoms with E-state index in [0.717, 1.165) is 0 Å². The highest BCUT2D eigenvalue weighted by molar-refractivity contribution is 5.55. The van der Waals surface area contributed by atoms with E-state index < -0.39 is 0 Å². The molecule has 2 N–H and O–H groups in total. The van der Waals surface area contributed by atoms with Gasteiger partial charge in [0, 0.05) is 17.7 Å². The molecule has 0 aliphatic heterocycles. The van der Waals surface area contributed by atoms with Crippen molar-refractivity contribution in [2.75, 3.05) is 14.2 Å². The van der Waals surface area contributed by atoms with Crippen molar-refractivity contribution in [2.45, 2.75) is 20.4 Å². The first kappa shape index (κ1) is 12.7. The Morgan fingerprint density at radius 1 is 1.12 bits per heavy atom. The highest BCUT2D eigenvalue weighted by atomic mass is 19.1. The minimum Gasteiger partial charge on any atom is -0.492 e. The van der Waals surface area contributed by atoms with E-state index in [1.165, 1.54) is 14.2 Å². The van der Waals surface area contributed by atoms with E-state index in [2.05, 4.69) is 0 Å². The van der Waals surface area contributed by atoms with Gasteiger partial charge in [-0.15, -0.1) is 0 Å². The van der Waals surface area contributed by atoms with E-state index in [4.69, 9.17) is 14.7 Å². The molecule has 1 aromatic carbocycles. The van der Waals surface area contributed by atoms with Crippen LogP contribution in [-0.2, 0) is 6.54 Å². The van der Waals surface area contributed by atoms with Crippen molar-refractivity contribution >= 4 is 0 Å². The molecular formula is C11H16FNO3. The molecular weight excluding hydrogens is 213 g/mol. The van der Waals surface area contributed by atoms with E-state index in [0.29, 0.717) is 28.2 Å². The number of nitrogens with one attached hydrogen (secondary N) is 1. The molecule has 16 heavy (non-hydrogen) atoms. The summed E-state index contributed by atoms with van der Waals surface area (Å²) in [6.07, 6.45) is 0. The average molecular weight is 229 g/mol. The van der Waals surface area contributed by atoms with Crippen LogP contribution in [-0.4, -0.2) is 19.4 Å². The van der Waals surface area contributed by atoms with Crippen LogP contribution < -0.4 is 15.0 Å². The number of hydrogen-bond acceptors (Lipinski definition) is 4. The first-order valence-electron chi connectivity index (χ1n) is 4.84. The molecule has 90 valence electrons. The smallest absolute Gasteiger partial charge is 0.166 e. The molecule has 0 aromatic heterocycles. The Labute approximate surface area is 93.9 Å². The average Bonchev–Trinajstić information content (AvgIpc) is 2.29. The third kappa shape index (κ3) is 1.96. The zero-order chi connectivity index (χ0) is 12.3. The molecule has 0 heterocycles. The number of halogens is 1. The summed E-state index contributed by atoms with van der Waals surface area (Å²) in [4.78, 5) is 0. The minimum atomic E-state index is -0.345. The van der Waals surface area contributed by atoms with Gasteiger partial charge in [-0.2, -0.15) is 0 Å². The second-order valence-electron chi connectivity index (χ2n) is 3.44. The number of methoxy groups -OCH3 is 2. The summed E-state index contributed by atoms with van der Waals surface area (Å²) in [5.74, 6) is 0.458. The predicted molar refractivity (Wildman–Crippen MR) is 57.6 cm³/mol. The van der Waals surface area contributed by atoms with Gasteiger partial charge >= 0.3 is 0 Å². The van der Waals surface area contributed by atoms with E-state index in [9.17, 15) is 4.39 Å². The summed E-state index contributed by atoms with van der Waals surface area (Å²) >= 11 is 0. The van der Waals surface area contributed by atoms with Crippen molar-refractivity contribution in [3.05, 3.63) is 22.5 Å². The van der Waals surface area contributed by atoms with Gasteiger partial charge in [0.2, 0.25) is 0 Å². The van der Waals surface area contributed by atoms with Gasteiger partial charge < -0.3 is 14.7 Å². The van der Waals surface area contributed by atoms with Crippen LogP contribution in [0.25, 0.3) is 0 Å². The fourth-order valence-corrected chi connectivity index (χ4v) is 1.74. The van der Waals surface area contributed by atoms with Gasteiger partial charge in [-0.3, -0.25) is 0 Å². The topological polar surface area (TPSA) is 50.7 Å². The Morgan fingerprint density at radius 2 is 1.69 bits per heavy atom. The molecule has 0 saturated heterocycles. The van der Waals surface area contributed by atoms with Gasteiger partial charge in [-0.25, -0.2) is 9.87 Å². The molecule has 5 heteroatoms. The van der Waals surface area contributed by atoms with E-state index in [1.54, 1.807) is 13.8 Å². The van der Waals surface area contributed by atoms with Gasteiger partial charge in [0.25, 0.3) is 0 Å². The largest absolute Gasteiger partial charge is 0.492 e. The Balaban J connectivity index is 3.51. The van der Waals surface area contributed by atoms with Crippen molar-refractivity contribution in [1.82, 2.24) is 5.48 Å². The number of hydroxylamine groups is 1. The van der Waals surface area contributed by atoms with Gasteiger partial charge in [-0.1, -0.05) is 0 Å². The van der Waals surface area contributed by atoms with Gasteiger partial charge in [0.15, 0.2) is 11.5 Å². The van der Waals surface area contributed by atoms with Crippen LogP contribution in [0.15, 0.2) is 0 Å². The van der Waals surface area contributed by atoms with Gasteiger partial charge in [0.1, 0.15) is 5.82 Å². The van der Waals surface area contributed by atoms with Gasteiger partial charge in [-0.05, 0) is 19.4 Å². The van der Waals surface area contributed by atoms with Crippen LogP contribution in [0.4, 0.5) is 4.39 Å². The van der Waals surface area contributed by atoms with Crippen LogP contribution in [0.5, 0.6) is 11.5 Å². The molecule has 0 unspecified atom stereocenters. The molecule has 0 radical (unpaired) electrons. The fraction of sp³-hybridized carbons (Fsp3) is 0.455. The quantitative estimate of drug-likeness (QED) is 0.775. The summed E-state index contributed by atoms with van der Waals surface area (Å²) in [7, 11) is 2.94. The highest BCUT2D eigenvalue weighted by Gasteiger charge is 2.20. The summed E-state index contributed by atoms with van der Waals surface area (Å²) < 4.78 is 24.1. The molecule has 0 spiro atoms. The van der Waals surface area contributed by atoms with Crippen LogP contribution >= 0.6 is 0 Å². The first-order chi connectivity index (χ1) is 7.58. The third-order valence-electron chi connectivity index (χ3n) is 2.60. The number of benzene rings is 1. The van der Waals surface area contributed by atoms with Crippen LogP contribution in [0, 0.1) is 19.7 Å². The Kier molecular flexibility index (Phi) is 4.09. The summed E-state index contributed by atoms with van der Waals surface area (Å²) in [6.45, 7) is 3.36. The van der Waals surface area contributed by atoms with E-state index in [-0.39, 0.29) is 12.4 Å². The molecule has 0 aliphatic rings. The molecule has 0 bridgehead atoms. The third-order valence-corrected chi connectivity index (χ3v) is 2.60. The van der Waals surface area contributed by atoms with E-state index >= 15 is 0 Å². The van der Waals surface area contributed by atoms with E-state index in [1.807, 2.05) is 5.48 Å². The SMILES string of the molecule is COc1c(C)c(F)c(C)c(CNO)c1OC. The maximum atomic E-state index is 13.8. The summed E-state index contributed by atoms with van der Waals surface area (Å²) in [5, 5.41) is 8.72. The van der Waals surface area contributed by atoms with Crippen molar-refractivity contribution in [3.63, 3.8) is 0 Å². The minimum absolute atomic E-state index is 0.0998. The Hall–Kier alpha value is -1.33. The lowest BCUT2D eigenvalue weighted by atomic mass is 10.0. The zero-order valence-corrected chi connectivity index (χ0v) is 9.85. The standard InChI is InChI=1S/C11H16FNO3/c1-6-8(5-13-14)11(16-4)10(15-3)7(2)9(6)12/h13-14H,5H2,1-4H3. The molecule has 1 aromatic rings. The first-order valence-corrected chi connectivity index (χ1v) is 4.84. The van der Waals surface area contributed by atoms with Crippen molar-refractivity contribution in [1.29, 1.82) is 0 Å². The van der Waals surface area contributed by atoms with Crippen molar-refractivity contribution < 1.29 is 19.1 Å². The monoisotopic (exact) mass is 229 g/mol.